The second kappa shape index (κ2) is 4.85. The first-order valence-electron chi connectivity index (χ1n) is 6.29. The molecule has 6 nitrogen and oxygen atoms in total. The van der Waals surface area contributed by atoms with Gasteiger partial charge in [-0.3, -0.25) is 4.79 Å². The lowest BCUT2D eigenvalue weighted by atomic mass is 10.1. The van der Waals surface area contributed by atoms with Crippen molar-refractivity contribution < 1.29 is 9.53 Å². The minimum atomic E-state index is 0.261. The van der Waals surface area contributed by atoms with Crippen molar-refractivity contribution in [3.8, 4) is 5.75 Å². The van der Waals surface area contributed by atoms with E-state index in [0.717, 1.165) is 26.1 Å². The van der Waals surface area contributed by atoms with Crippen LogP contribution in [0.3, 0.4) is 0 Å². The zero-order valence-electron chi connectivity index (χ0n) is 10.7. The number of ether oxygens (including phenoxy) is 1. The molecule has 0 saturated carbocycles. The fraction of sp³-hybridized carbons (Fsp3) is 0.583. The van der Waals surface area contributed by atoms with Gasteiger partial charge in [-0.15, -0.1) is 0 Å². The standard InChI is InChI=1S/C12H15ClN4O2/c1-19-10-11(13)14-7-15-12(10)16-4-5-17-8(6-16)2-3-9(17)18/h7-8H,2-6H2,1H3. The van der Waals surface area contributed by atoms with Crippen molar-refractivity contribution in [1.29, 1.82) is 0 Å². The Bertz CT molecular complexity index is 511. The molecular weight excluding hydrogens is 268 g/mol. The average Bonchev–Trinajstić information content (AvgIpc) is 2.79. The third-order valence-corrected chi connectivity index (χ3v) is 4.01. The number of hydrogen-bond donors (Lipinski definition) is 0. The number of amides is 1. The van der Waals surface area contributed by atoms with Crippen LogP contribution < -0.4 is 9.64 Å². The maximum Gasteiger partial charge on any atom is 0.223 e. The lowest BCUT2D eigenvalue weighted by Gasteiger charge is -2.38. The summed E-state index contributed by atoms with van der Waals surface area (Å²) in [6.07, 6.45) is 3.00. The van der Waals surface area contributed by atoms with E-state index in [-0.39, 0.29) is 11.9 Å². The molecule has 1 aromatic heterocycles. The molecule has 2 aliphatic heterocycles. The number of carbonyl (C=O) groups excluding carboxylic acids is 1. The van der Waals surface area contributed by atoms with Crippen LogP contribution in [0.15, 0.2) is 6.33 Å². The predicted octanol–water partition coefficient (Wildman–Crippen LogP) is 0.950. The lowest BCUT2D eigenvalue weighted by Crippen LogP contribution is -2.51. The topological polar surface area (TPSA) is 58.6 Å². The molecule has 3 heterocycles. The number of hydrogen-bond acceptors (Lipinski definition) is 5. The molecule has 0 bridgehead atoms. The summed E-state index contributed by atoms with van der Waals surface area (Å²) in [5.74, 6) is 1.47. The fourth-order valence-electron chi connectivity index (χ4n) is 2.80. The lowest BCUT2D eigenvalue weighted by molar-refractivity contribution is -0.129. The van der Waals surface area contributed by atoms with Gasteiger partial charge in [-0.1, -0.05) is 11.6 Å². The van der Waals surface area contributed by atoms with E-state index in [4.69, 9.17) is 16.3 Å². The monoisotopic (exact) mass is 282 g/mol. The van der Waals surface area contributed by atoms with Gasteiger partial charge in [-0.05, 0) is 6.42 Å². The van der Waals surface area contributed by atoms with E-state index >= 15 is 0 Å². The van der Waals surface area contributed by atoms with Crippen LogP contribution in [0.5, 0.6) is 5.75 Å². The smallest absolute Gasteiger partial charge is 0.223 e. The van der Waals surface area contributed by atoms with Crippen LogP contribution in [0.2, 0.25) is 5.15 Å². The molecule has 2 aliphatic rings. The quantitative estimate of drug-likeness (QED) is 0.756. The van der Waals surface area contributed by atoms with Crippen molar-refractivity contribution in [2.75, 3.05) is 31.6 Å². The fourth-order valence-corrected chi connectivity index (χ4v) is 3.01. The zero-order chi connectivity index (χ0) is 13.4. The van der Waals surface area contributed by atoms with Crippen molar-refractivity contribution in [1.82, 2.24) is 14.9 Å². The van der Waals surface area contributed by atoms with E-state index in [0.29, 0.717) is 23.1 Å². The molecule has 102 valence electrons. The van der Waals surface area contributed by atoms with Crippen LogP contribution in [-0.4, -0.2) is 53.6 Å². The van der Waals surface area contributed by atoms with Gasteiger partial charge in [0.2, 0.25) is 5.91 Å². The molecule has 0 radical (unpaired) electrons. The number of halogens is 1. The molecule has 1 atom stereocenters. The van der Waals surface area contributed by atoms with Crippen LogP contribution in [-0.2, 0) is 4.79 Å². The van der Waals surface area contributed by atoms with Crippen LogP contribution in [0, 0.1) is 0 Å². The predicted molar refractivity (Wildman–Crippen MR) is 70.5 cm³/mol. The van der Waals surface area contributed by atoms with Gasteiger partial charge in [0, 0.05) is 32.1 Å². The van der Waals surface area contributed by atoms with Crippen LogP contribution >= 0.6 is 11.6 Å². The molecule has 2 fully saturated rings. The highest BCUT2D eigenvalue weighted by Crippen LogP contribution is 2.34. The highest BCUT2D eigenvalue weighted by atomic mass is 35.5. The zero-order valence-corrected chi connectivity index (χ0v) is 11.4. The van der Waals surface area contributed by atoms with Gasteiger partial charge in [0.25, 0.3) is 0 Å². The molecule has 7 heteroatoms. The van der Waals surface area contributed by atoms with Gasteiger partial charge in [-0.2, -0.15) is 0 Å². The normalized spacial score (nSPS) is 22.6. The van der Waals surface area contributed by atoms with E-state index in [1.165, 1.54) is 6.33 Å². The van der Waals surface area contributed by atoms with E-state index in [2.05, 4.69) is 14.9 Å². The van der Waals surface area contributed by atoms with E-state index in [1.807, 2.05) is 4.90 Å². The molecule has 0 aromatic carbocycles. The molecule has 0 N–H and O–H groups in total. The summed E-state index contributed by atoms with van der Waals surface area (Å²) in [5, 5.41) is 0.317. The number of rotatable bonds is 2. The summed E-state index contributed by atoms with van der Waals surface area (Å²) in [4.78, 5) is 23.9. The van der Waals surface area contributed by atoms with E-state index < -0.39 is 0 Å². The molecule has 0 spiro atoms. The summed E-state index contributed by atoms with van der Waals surface area (Å²) in [6.45, 7) is 2.25. The van der Waals surface area contributed by atoms with Crippen LogP contribution in [0.1, 0.15) is 12.8 Å². The first kappa shape index (κ1) is 12.5. The number of anilines is 1. The van der Waals surface area contributed by atoms with Gasteiger partial charge in [-0.25, -0.2) is 9.97 Å². The third-order valence-electron chi connectivity index (χ3n) is 3.74. The molecule has 2 saturated heterocycles. The molecule has 1 unspecified atom stereocenters. The summed E-state index contributed by atoms with van der Waals surface area (Å²) < 4.78 is 5.28. The van der Waals surface area contributed by atoms with Gasteiger partial charge in [0.05, 0.1) is 7.11 Å². The molecule has 1 aromatic rings. The van der Waals surface area contributed by atoms with Crippen LogP contribution in [0.4, 0.5) is 5.82 Å². The Balaban J connectivity index is 1.84. The Labute approximate surface area is 116 Å². The van der Waals surface area contributed by atoms with E-state index in [9.17, 15) is 4.79 Å². The number of aromatic nitrogens is 2. The Kier molecular flexibility index (Phi) is 3.18. The second-order valence-corrected chi connectivity index (χ2v) is 5.10. The number of fused-ring (bicyclic) bond motifs is 1. The molecule has 1 amide bonds. The van der Waals surface area contributed by atoms with Crippen molar-refractivity contribution in [3.63, 3.8) is 0 Å². The maximum atomic E-state index is 11.7. The van der Waals surface area contributed by atoms with E-state index in [1.54, 1.807) is 7.11 Å². The number of methoxy groups -OCH3 is 1. The van der Waals surface area contributed by atoms with Gasteiger partial charge in [0.1, 0.15) is 6.33 Å². The Morgan fingerprint density at radius 1 is 1.42 bits per heavy atom. The minimum absolute atomic E-state index is 0.261. The first-order chi connectivity index (χ1) is 9.20. The molecular formula is C12H15ClN4O2. The number of nitrogens with zero attached hydrogens (tertiary/aromatic N) is 4. The first-order valence-corrected chi connectivity index (χ1v) is 6.67. The third kappa shape index (κ3) is 2.10. The summed E-state index contributed by atoms with van der Waals surface area (Å²) in [5.41, 5.74) is 0. The van der Waals surface area contributed by atoms with Crippen molar-refractivity contribution in [2.45, 2.75) is 18.9 Å². The Hall–Kier alpha value is -1.56. The van der Waals surface area contributed by atoms with Crippen molar-refractivity contribution in [2.24, 2.45) is 0 Å². The van der Waals surface area contributed by atoms with Crippen molar-refractivity contribution in [3.05, 3.63) is 11.5 Å². The SMILES string of the molecule is COc1c(Cl)ncnc1N1CCN2C(=O)CCC2C1. The second-order valence-electron chi connectivity index (χ2n) is 4.75. The minimum Gasteiger partial charge on any atom is -0.490 e. The molecule has 3 rings (SSSR count). The molecule has 0 aliphatic carbocycles. The van der Waals surface area contributed by atoms with Gasteiger partial charge in [0.15, 0.2) is 16.7 Å². The number of carbonyl (C=O) groups is 1. The van der Waals surface area contributed by atoms with Crippen LogP contribution in [0.25, 0.3) is 0 Å². The average molecular weight is 283 g/mol. The van der Waals surface area contributed by atoms with Gasteiger partial charge >= 0.3 is 0 Å². The Morgan fingerprint density at radius 3 is 3.05 bits per heavy atom. The summed E-state index contributed by atoms with van der Waals surface area (Å²) in [6, 6.07) is 0.277. The number of piperazine rings is 1. The highest BCUT2D eigenvalue weighted by Gasteiger charge is 2.36. The highest BCUT2D eigenvalue weighted by molar-refractivity contribution is 6.31. The Morgan fingerprint density at radius 2 is 2.26 bits per heavy atom. The van der Waals surface area contributed by atoms with Gasteiger partial charge < -0.3 is 14.5 Å². The summed E-state index contributed by atoms with van der Waals surface area (Å²) >= 11 is 6.02. The maximum absolute atomic E-state index is 11.7. The molecule has 19 heavy (non-hydrogen) atoms. The largest absolute Gasteiger partial charge is 0.490 e. The summed E-state index contributed by atoms with van der Waals surface area (Å²) in [7, 11) is 1.56. The van der Waals surface area contributed by atoms with Crippen molar-refractivity contribution >= 4 is 23.3 Å².